The molecule has 28 heavy (non-hydrogen) atoms. The van der Waals surface area contributed by atoms with Crippen molar-refractivity contribution >= 4 is 23.4 Å². The van der Waals surface area contributed by atoms with E-state index < -0.39 is 0 Å². The molecule has 0 amide bonds. The van der Waals surface area contributed by atoms with E-state index in [1.807, 2.05) is 66.1 Å². The largest absolute Gasteiger partial charge is 0.270 e. The molecule has 0 unspecified atom stereocenters. The van der Waals surface area contributed by atoms with E-state index in [1.165, 1.54) is 17.8 Å². The number of benzene rings is 3. The number of aryl methyl sites for hydroxylation is 1. The van der Waals surface area contributed by atoms with E-state index in [4.69, 9.17) is 11.6 Å². The third-order valence-corrected chi connectivity index (χ3v) is 5.78. The third-order valence-electron chi connectivity index (χ3n) is 4.39. The smallest absolute Gasteiger partial charge is 0.196 e. The monoisotopic (exact) mass is 409 g/mol. The fourth-order valence-electron chi connectivity index (χ4n) is 2.85. The molecule has 0 aliphatic carbocycles. The molecule has 1 aromatic heterocycles. The first-order chi connectivity index (χ1) is 13.6. The van der Waals surface area contributed by atoms with Crippen LogP contribution in [0.25, 0.3) is 17.1 Å². The van der Waals surface area contributed by atoms with E-state index in [1.54, 1.807) is 12.1 Å². The second-order valence-electron chi connectivity index (χ2n) is 6.32. The first kappa shape index (κ1) is 18.7. The van der Waals surface area contributed by atoms with E-state index >= 15 is 0 Å². The van der Waals surface area contributed by atoms with Crippen LogP contribution in [0.3, 0.4) is 0 Å². The second-order valence-corrected chi connectivity index (χ2v) is 7.67. The van der Waals surface area contributed by atoms with Crippen LogP contribution in [-0.2, 0) is 5.75 Å². The minimum atomic E-state index is -0.216. The summed E-state index contributed by atoms with van der Waals surface area (Å²) in [5.41, 5.74) is 3.46. The summed E-state index contributed by atoms with van der Waals surface area (Å²) in [6.07, 6.45) is 0. The van der Waals surface area contributed by atoms with Gasteiger partial charge in [-0.1, -0.05) is 71.9 Å². The van der Waals surface area contributed by atoms with Crippen molar-refractivity contribution in [1.29, 1.82) is 0 Å². The van der Waals surface area contributed by atoms with Gasteiger partial charge in [-0.25, -0.2) is 4.39 Å². The molecule has 0 aliphatic heterocycles. The van der Waals surface area contributed by atoms with Crippen molar-refractivity contribution in [1.82, 2.24) is 14.8 Å². The van der Waals surface area contributed by atoms with Crippen LogP contribution in [-0.4, -0.2) is 14.8 Å². The Balaban J connectivity index is 1.76. The van der Waals surface area contributed by atoms with Crippen LogP contribution in [0, 0.1) is 12.7 Å². The molecule has 0 atom stereocenters. The Labute approximate surface area is 172 Å². The number of aromatic nitrogens is 3. The number of rotatable bonds is 5. The minimum absolute atomic E-state index is 0.216. The van der Waals surface area contributed by atoms with Gasteiger partial charge >= 0.3 is 0 Å². The maximum absolute atomic E-state index is 14.0. The van der Waals surface area contributed by atoms with Gasteiger partial charge < -0.3 is 0 Å². The number of thioether (sulfide) groups is 1. The molecular formula is C22H17ClFN3S. The highest BCUT2D eigenvalue weighted by Gasteiger charge is 2.17. The van der Waals surface area contributed by atoms with Gasteiger partial charge in [0.15, 0.2) is 11.0 Å². The number of hydrogen-bond donors (Lipinski definition) is 0. The highest BCUT2D eigenvalue weighted by molar-refractivity contribution is 7.98. The standard InChI is InChI=1S/C22H17ClFN3S/c1-15-11-12-16(13-19(15)23)21-25-26-22(27(21)18-8-3-2-4-9-18)28-14-17-7-5-6-10-20(17)24/h2-13H,14H2,1H3. The average Bonchev–Trinajstić information content (AvgIpc) is 3.14. The summed E-state index contributed by atoms with van der Waals surface area (Å²) < 4.78 is 16.0. The molecule has 3 aromatic carbocycles. The molecule has 0 fully saturated rings. The average molecular weight is 410 g/mol. The molecule has 4 aromatic rings. The molecule has 0 aliphatic rings. The lowest BCUT2D eigenvalue weighted by molar-refractivity contribution is 0.617. The zero-order valence-electron chi connectivity index (χ0n) is 15.1. The highest BCUT2D eigenvalue weighted by Crippen LogP contribution is 2.31. The zero-order valence-corrected chi connectivity index (χ0v) is 16.7. The molecule has 1 heterocycles. The Bertz CT molecular complexity index is 1110. The van der Waals surface area contributed by atoms with Gasteiger partial charge in [-0.15, -0.1) is 10.2 Å². The maximum atomic E-state index is 14.0. The molecule has 140 valence electrons. The Hall–Kier alpha value is -2.63. The zero-order chi connectivity index (χ0) is 19.5. The SMILES string of the molecule is Cc1ccc(-c2nnc(SCc3ccccc3F)n2-c2ccccc2)cc1Cl. The van der Waals surface area contributed by atoms with Crippen LogP contribution in [0.1, 0.15) is 11.1 Å². The fourth-order valence-corrected chi connectivity index (χ4v) is 3.97. The summed E-state index contributed by atoms with van der Waals surface area (Å²) in [4.78, 5) is 0. The van der Waals surface area contributed by atoms with Gasteiger partial charge in [-0.2, -0.15) is 0 Å². The Morgan fingerprint density at radius 2 is 1.71 bits per heavy atom. The number of para-hydroxylation sites is 1. The van der Waals surface area contributed by atoms with E-state index in [0.717, 1.165) is 16.8 Å². The first-order valence-corrected chi connectivity index (χ1v) is 10.1. The molecule has 3 nitrogen and oxygen atoms in total. The van der Waals surface area contributed by atoms with Gasteiger partial charge in [-0.05, 0) is 42.3 Å². The van der Waals surface area contributed by atoms with Crippen LogP contribution < -0.4 is 0 Å². The highest BCUT2D eigenvalue weighted by atomic mass is 35.5. The van der Waals surface area contributed by atoms with Crippen molar-refractivity contribution in [3.8, 4) is 17.1 Å². The van der Waals surface area contributed by atoms with Gasteiger partial charge in [0.1, 0.15) is 5.82 Å². The molecule has 0 radical (unpaired) electrons. The summed E-state index contributed by atoms with van der Waals surface area (Å²) in [6, 6.07) is 22.5. The molecule has 0 spiro atoms. The first-order valence-electron chi connectivity index (χ1n) is 8.77. The lowest BCUT2D eigenvalue weighted by atomic mass is 10.1. The Morgan fingerprint density at radius 1 is 0.964 bits per heavy atom. The van der Waals surface area contributed by atoms with Crippen molar-refractivity contribution in [3.63, 3.8) is 0 Å². The summed E-state index contributed by atoms with van der Waals surface area (Å²) in [6.45, 7) is 1.96. The van der Waals surface area contributed by atoms with Crippen LogP contribution in [0.15, 0.2) is 78.0 Å². The quantitative estimate of drug-likeness (QED) is 0.361. The van der Waals surface area contributed by atoms with Gasteiger partial charge in [0.2, 0.25) is 0 Å². The lowest BCUT2D eigenvalue weighted by Gasteiger charge is -2.11. The van der Waals surface area contributed by atoms with Crippen LogP contribution >= 0.6 is 23.4 Å². The van der Waals surface area contributed by atoms with E-state index in [2.05, 4.69) is 10.2 Å². The molecular weight excluding hydrogens is 393 g/mol. The van der Waals surface area contributed by atoms with Crippen LogP contribution in [0.2, 0.25) is 5.02 Å². The molecule has 0 N–H and O–H groups in total. The summed E-state index contributed by atoms with van der Waals surface area (Å²) in [7, 11) is 0. The molecule has 0 saturated carbocycles. The van der Waals surface area contributed by atoms with Crippen molar-refractivity contribution in [2.24, 2.45) is 0 Å². The van der Waals surface area contributed by atoms with Crippen LogP contribution in [0.4, 0.5) is 4.39 Å². The Kier molecular flexibility index (Phi) is 5.46. The van der Waals surface area contributed by atoms with Crippen molar-refractivity contribution in [3.05, 3.63) is 94.8 Å². The van der Waals surface area contributed by atoms with E-state index in [9.17, 15) is 4.39 Å². The van der Waals surface area contributed by atoms with E-state index in [-0.39, 0.29) is 5.82 Å². The fraction of sp³-hybridized carbons (Fsp3) is 0.0909. The third kappa shape index (κ3) is 3.81. The summed E-state index contributed by atoms with van der Waals surface area (Å²) in [5.74, 6) is 0.946. The molecule has 6 heteroatoms. The molecule has 0 saturated heterocycles. The maximum Gasteiger partial charge on any atom is 0.196 e. The molecule has 0 bridgehead atoms. The van der Waals surface area contributed by atoms with Crippen LogP contribution in [0.5, 0.6) is 0 Å². The number of hydrogen-bond acceptors (Lipinski definition) is 3. The minimum Gasteiger partial charge on any atom is -0.270 e. The number of nitrogens with zero attached hydrogens (tertiary/aromatic N) is 3. The van der Waals surface area contributed by atoms with Crippen molar-refractivity contribution < 1.29 is 4.39 Å². The van der Waals surface area contributed by atoms with Crippen molar-refractivity contribution in [2.45, 2.75) is 17.8 Å². The second kappa shape index (κ2) is 8.17. The number of halogens is 2. The predicted octanol–water partition coefficient (Wildman–Crippen LogP) is 6.33. The summed E-state index contributed by atoms with van der Waals surface area (Å²) >= 11 is 7.77. The van der Waals surface area contributed by atoms with E-state index in [0.29, 0.717) is 27.3 Å². The topological polar surface area (TPSA) is 30.7 Å². The predicted molar refractivity (Wildman–Crippen MR) is 113 cm³/mol. The van der Waals surface area contributed by atoms with Gasteiger partial charge in [0.25, 0.3) is 0 Å². The normalized spacial score (nSPS) is 11.0. The lowest BCUT2D eigenvalue weighted by Crippen LogP contribution is -2.00. The van der Waals surface area contributed by atoms with Gasteiger partial charge in [-0.3, -0.25) is 4.57 Å². The Morgan fingerprint density at radius 3 is 2.46 bits per heavy atom. The van der Waals surface area contributed by atoms with Gasteiger partial charge in [0, 0.05) is 22.0 Å². The van der Waals surface area contributed by atoms with Gasteiger partial charge in [0.05, 0.1) is 0 Å². The molecule has 4 rings (SSSR count). The van der Waals surface area contributed by atoms with Crippen molar-refractivity contribution in [2.75, 3.05) is 0 Å². The summed E-state index contributed by atoms with van der Waals surface area (Å²) in [5, 5.41) is 10.2.